The van der Waals surface area contributed by atoms with Crippen molar-refractivity contribution in [3.8, 4) is 0 Å². The molecule has 1 aromatic heterocycles. The van der Waals surface area contributed by atoms with Crippen LogP contribution in [-0.2, 0) is 4.79 Å². The molecule has 19 heavy (non-hydrogen) atoms. The highest BCUT2D eigenvalue weighted by Gasteiger charge is 2.27. The molecule has 0 saturated carbocycles. The number of rotatable bonds is 4. The molecule has 4 nitrogen and oxygen atoms in total. The van der Waals surface area contributed by atoms with Crippen LogP contribution in [0.5, 0.6) is 0 Å². The van der Waals surface area contributed by atoms with E-state index < -0.39 is 0 Å². The van der Waals surface area contributed by atoms with Crippen LogP contribution >= 0.6 is 0 Å². The van der Waals surface area contributed by atoms with E-state index in [0.29, 0.717) is 12.3 Å². The molecular formula is C15H23N3O. The highest BCUT2D eigenvalue weighted by Crippen LogP contribution is 2.22. The molecule has 2 heterocycles. The van der Waals surface area contributed by atoms with E-state index in [1.165, 1.54) is 0 Å². The number of aromatic nitrogens is 1. The van der Waals surface area contributed by atoms with Gasteiger partial charge in [0.15, 0.2) is 0 Å². The van der Waals surface area contributed by atoms with Gasteiger partial charge in [0.05, 0.1) is 6.04 Å². The van der Waals surface area contributed by atoms with Crippen LogP contribution in [0.2, 0.25) is 0 Å². The topological polar surface area (TPSA) is 45.2 Å². The number of amides is 1. The summed E-state index contributed by atoms with van der Waals surface area (Å²) in [7, 11) is 0. The van der Waals surface area contributed by atoms with E-state index in [9.17, 15) is 4.79 Å². The first kappa shape index (κ1) is 14.0. The normalized spacial score (nSPS) is 19.7. The van der Waals surface area contributed by atoms with Crippen LogP contribution in [0.3, 0.4) is 0 Å². The molecule has 1 N–H and O–H groups in total. The van der Waals surface area contributed by atoms with Crippen molar-refractivity contribution in [1.29, 1.82) is 0 Å². The largest absolute Gasteiger partial charge is 0.333 e. The third-order valence-electron chi connectivity index (χ3n) is 3.57. The molecule has 1 amide bonds. The first-order valence-corrected chi connectivity index (χ1v) is 7.08. The van der Waals surface area contributed by atoms with E-state index in [1.54, 1.807) is 6.20 Å². The van der Waals surface area contributed by atoms with E-state index in [0.717, 1.165) is 31.6 Å². The average molecular weight is 261 g/mol. The summed E-state index contributed by atoms with van der Waals surface area (Å²) in [6.45, 7) is 6.80. The Morgan fingerprint density at radius 2 is 2.42 bits per heavy atom. The molecule has 1 unspecified atom stereocenters. The van der Waals surface area contributed by atoms with Crippen molar-refractivity contribution >= 4 is 5.91 Å². The third kappa shape index (κ3) is 3.77. The molecule has 0 aromatic carbocycles. The smallest absolute Gasteiger partial charge is 0.223 e. The van der Waals surface area contributed by atoms with Gasteiger partial charge in [-0.15, -0.1) is 0 Å². The monoisotopic (exact) mass is 261 g/mol. The van der Waals surface area contributed by atoms with Gasteiger partial charge in [-0.1, -0.05) is 19.9 Å². The maximum Gasteiger partial charge on any atom is 0.223 e. The predicted octanol–water partition coefficient (Wildman–Crippen LogP) is 1.99. The lowest BCUT2D eigenvalue weighted by Crippen LogP contribution is -2.48. The van der Waals surface area contributed by atoms with E-state index in [4.69, 9.17) is 0 Å². The van der Waals surface area contributed by atoms with Gasteiger partial charge in [0.1, 0.15) is 0 Å². The first-order valence-electron chi connectivity index (χ1n) is 7.08. The molecule has 4 heteroatoms. The van der Waals surface area contributed by atoms with E-state index >= 15 is 0 Å². The molecule has 1 aliphatic rings. The van der Waals surface area contributed by atoms with Crippen molar-refractivity contribution in [1.82, 2.24) is 15.2 Å². The van der Waals surface area contributed by atoms with Crippen molar-refractivity contribution in [2.75, 3.05) is 19.6 Å². The fourth-order valence-corrected chi connectivity index (χ4v) is 2.43. The second kappa shape index (κ2) is 6.66. The second-order valence-corrected chi connectivity index (χ2v) is 5.53. The van der Waals surface area contributed by atoms with Gasteiger partial charge in [-0.2, -0.15) is 0 Å². The third-order valence-corrected chi connectivity index (χ3v) is 3.57. The number of pyridine rings is 1. The molecule has 104 valence electrons. The summed E-state index contributed by atoms with van der Waals surface area (Å²) in [5.74, 6) is 0.841. The van der Waals surface area contributed by atoms with Gasteiger partial charge in [0.2, 0.25) is 5.91 Å². The quantitative estimate of drug-likeness (QED) is 0.901. The molecule has 2 rings (SSSR count). The Kier molecular flexibility index (Phi) is 4.91. The molecule has 0 spiro atoms. The van der Waals surface area contributed by atoms with Gasteiger partial charge < -0.3 is 10.2 Å². The maximum absolute atomic E-state index is 12.4. The number of hydrogen-bond donors (Lipinski definition) is 1. The van der Waals surface area contributed by atoms with Crippen LogP contribution in [-0.4, -0.2) is 35.4 Å². The number of carbonyl (C=O) groups excluding carboxylic acids is 1. The summed E-state index contributed by atoms with van der Waals surface area (Å²) < 4.78 is 0. The molecule has 1 saturated heterocycles. The number of carbonyl (C=O) groups is 1. The van der Waals surface area contributed by atoms with Crippen LogP contribution in [0.1, 0.15) is 38.3 Å². The zero-order valence-electron chi connectivity index (χ0n) is 11.8. The predicted molar refractivity (Wildman–Crippen MR) is 75.6 cm³/mol. The Bertz CT molecular complexity index is 405. The van der Waals surface area contributed by atoms with Gasteiger partial charge in [0.25, 0.3) is 0 Å². The Labute approximate surface area is 115 Å². The molecule has 1 aliphatic heterocycles. The van der Waals surface area contributed by atoms with Crippen molar-refractivity contribution in [3.05, 3.63) is 30.1 Å². The first-order chi connectivity index (χ1) is 9.18. The van der Waals surface area contributed by atoms with E-state index in [-0.39, 0.29) is 11.9 Å². The lowest BCUT2D eigenvalue weighted by molar-refractivity contribution is -0.134. The summed E-state index contributed by atoms with van der Waals surface area (Å²) in [4.78, 5) is 18.5. The van der Waals surface area contributed by atoms with Crippen molar-refractivity contribution in [2.24, 2.45) is 5.92 Å². The Hall–Kier alpha value is -1.42. The average Bonchev–Trinajstić information content (AvgIpc) is 2.45. The zero-order valence-corrected chi connectivity index (χ0v) is 11.8. The standard InChI is InChI=1S/C15H23N3O/c1-12(2)5-6-15(19)18-9-8-17-11-14(18)13-4-3-7-16-10-13/h3-4,7,10,12,14,17H,5-6,8-9,11H2,1-2H3. The number of nitrogens with one attached hydrogen (secondary N) is 1. The molecule has 1 aromatic rings. The SMILES string of the molecule is CC(C)CCC(=O)N1CCNCC1c1cccnc1. The molecule has 1 atom stereocenters. The Morgan fingerprint density at radius 3 is 3.11 bits per heavy atom. The van der Waals surface area contributed by atoms with Crippen LogP contribution in [0.15, 0.2) is 24.5 Å². The van der Waals surface area contributed by atoms with E-state index in [1.807, 2.05) is 23.2 Å². The summed E-state index contributed by atoms with van der Waals surface area (Å²) in [6, 6.07) is 4.11. The highest BCUT2D eigenvalue weighted by molar-refractivity contribution is 5.76. The van der Waals surface area contributed by atoms with Gasteiger partial charge in [0, 0.05) is 38.4 Å². The number of hydrogen-bond acceptors (Lipinski definition) is 3. The number of piperazine rings is 1. The fraction of sp³-hybridized carbons (Fsp3) is 0.600. The van der Waals surface area contributed by atoms with E-state index in [2.05, 4.69) is 24.1 Å². The zero-order chi connectivity index (χ0) is 13.7. The van der Waals surface area contributed by atoms with Crippen LogP contribution in [0.4, 0.5) is 0 Å². The van der Waals surface area contributed by atoms with Crippen LogP contribution in [0.25, 0.3) is 0 Å². The lowest BCUT2D eigenvalue weighted by Gasteiger charge is -2.36. The highest BCUT2D eigenvalue weighted by atomic mass is 16.2. The minimum Gasteiger partial charge on any atom is -0.333 e. The minimum absolute atomic E-state index is 0.127. The van der Waals surface area contributed by atoms with Crippen LogP contribution < -0.4 is 5.32 Å². The second-order valence-electron chi connectivity index (χ2n) is 5.53. The molecule has 0 aliphatic carbocycles. The van der Waals surface area contributed by atoms with Crippen molar-refractivity contribution < 1.29 is 4.79 Å². The Balaban J connectivity index is 2.06. The molecule has 0 bridgehead atoms. The summed E-state index contributed by atoms with van der Waals surface area (Å²) in [5, 5.41) is 3.36. The lowest BCUT2D eigenvalue weighted by atomic mass is 10.0. The van der Waals surface area contributed by atoms with Gasteiger partial charge in [-0.3, -0.25) is 9.78 Å². The minimum atomic E-state index is 0.127. The van der Waals surface area contributed by atoms with Crippen LogP contribution in [0, 0.1) is 5.92 Å². The van der Waals surface area contributed by atoms with Crippen molar-refractivity contribution in [2.45, 2.75) is 32.7 Å². The maximum atomic E-state index is 12.4. The van der Waals surface area contributed by atoms with Gasteiger partial charge >= 0.3 is 0 Å². The summed E-state index contributed by atoms with van der Waals surface area (Å²) in [5.41, 5.74) is 1.12. The summed E-state index contributed by atoms with van der Waals surface area (Å²) in [6.07, 6.45) is 5.24. The Morgan fingerprint density at radius 1 is 1.58 bits per heavy atom. The number of nitrogens with zero attached hydrogens (tertiary/aromatic N) is 2. The van der Waals surface area contributed by atoms with Gasteiger partial charge in [-0.25, -0.2) is 0 Å². The van der Waals surface area contributed by atoms with Crippen molar-refractivity contribution in [3.63, 3.8) is 0 Å². The summed E-state index contributed by atoms with van der Waals surface area (Å²) >= 11 is 0. The molecular weight excluding hydrogens is 238 g/mol. The molecule has 0 radical (unpaired) electrons. The molecule has 1 fully saturated rings. The fourth-order valence-electron chi connectivity index (χ4n) is 2.43. The van der Waals surface area contributed by atoms with Gasteiger partial charge in [-0.05, 0) is 24.0 Å².